The van der Waals surface area contributed by atoms with Gasteiger partial charge in [-0.2, -0.15) is 52.7 Å². The predicted molar refractivity (Wildman–Crippen MR) is 59.8 cm³/mol. The summed E-state index contributed by atoms with van der Waals surface area (Å²) in [5.74, 6) is -13.3. The molecule has 3 atom stereocenters. The van der Waals surface area contributed by atoms with E-state index in [1.165, 1.54) is 0 Å². The van der Waals surface area contributed by atoms with Gasteiger partial charge in [0.2, 0.25) is 0 Å². The second kappa shape index (κ2) is 6.81. The van der Waals surface area contributed by atoms with Gasteiger partial charge < -0.3 is 19.7 Å². The Hall–Kier alpha value is -1.00. The molecule has 0 aliphatic rings. The van der Waals surface area contributed by atoms with Gasteiger partial charge in [0.1, 0.15) is 0 Å². The smallest absolute Gasteiger partial charge is 0.350 e. The Labute approximate surface area is 142 Å². The Balaban J connectivity index is 6.25. The second-order valence-corrected chi connectivity index (χ2v) is 5.69. The van der Waals surface area contributed by atoms with E-state index in [9.17, 15) is 52.7 Å². The van der Waals surface area contributed by atoms with Crippen LogP contribution in [0.15, 0.2) is 0 Å². The lowest BCUT2D eigenvalue weighted by Gasteiger charge is -2.43. The monoisotopic (exact) mass is 436 g/mol. The Morgan fingerprint density at radius 3 is 1.37 bits per heavy atom. The summed E-state index contributed by atoms with van der Waals surface area (Å²) >= 11 is 0. The Bertz CT molecular complexity index is 521. The first-order chi connectivity index (χ1) is 11.3. The van der Waals surface area contributed by atoms with Crippen LogP contribution in [-0.4, -0.2) is 58.2 Å². The largest absolute Gasteiger partial charge is 0.421 e. The highest BCUT2D eigenvalue weighted by molar-refractivity contribution is 4.99. The van der Waals surface area contributed by atoms with E-state index in [0.29, 0.717) is 0 Å². The van der Waals surface area contributed by atoms with Crippen LogP contribution in [0, 0.1) is 0 Å². The number of aliphatic hydroxyl groups is 2. The number of halogens is 12. The molecule has 4 nitrogen and oxygen atoms in total. The highest BCUT2D eigenvalue weighted by atomic mass is 19.4. The van der Waals surface area contributed by atoms with E-state index in [1.807, 2.05) is 0 Å². The molecule has 164 valence electrons. The van der Waals surface area contributed by atoms with E-state index in [2.05, 4.69) is 9.47 Å². The molecule has 0 aromatic rings. The van der Waals surface area contributed by atoms with Gasteiger partial charge in [-0.3, -0.25) is 0 Å². The molecule has 0 heterocycles. The number of alkyl halides is 12. The molecule has 0 saturated heterocycles. The van der Waals surface area contributed by atoms with Crippen LogP contribution in [0.5, 0.6) is 0 Å². The fourth-order valence-corrected chi connectivity index (χ4v) is 1.29. The maximum Gasteiger partial charge on any atom is 0.421 e. The van der Waals surface area contributed by atoms with Crippen LogP contribution in [0.3, 0.4) is 0 Å². The Morgan fingerprint density at radius 2 is 1.11 bits per heavy atom. The quantitative estimate of drug-likeness (QED) is 0.597. The lowest BCUT2D eigenvalue weighted by atomic mass is 10.0. The molecule has 2 N–H and O–H groups in total. The number of hydrogen-bond acceptors (Lipinski definition) is 4. The molecule has 0 aliphatic carbocycles. The topological polar surface area (TPSA) is 58.9 Å². The van der Waals surface area contributed by atoms with Crippen LogP contribution in [0.25, 0.3) is 0 Å². The van der Waals surface area contributed by atoms with Crippen molar-refractivity contribution in [3.05, 3.63) is 0 Å². The van der Waals surface area contributed by atoms with Crippen molar-refractivity contribution in [2.45, 2.75) is 68.8 Å². The average Bonchev–Trinajstić information content (AvgIpc) is 2.32. The van der Waals surface area contributed by atoms with E-state index in [1.54, 1.807) is 0 Å². The van der Waals surface area contributed by atoms with E-state index in [-0.39, 0.29) is 20.8 Å². The molecule has 3 unspecified atom stereocenters. The van der Waals surface area contributed by atoms with Gasteiger partial charge in [0.25, 0.3) is 0 Å². The first-order valence-corrected chi connectivity index (χ1v) is 6.43. The summed E-state index contributed by atoms with van der Waals surface area (Å²) in [7, 11) is 0. The molecule has 0 aliphatic heterocycles. The van der Waals surface area contributed by atoms with Crippen molar-refractivity contribution in [3.63, 3.8) is 0 Å². The third-order valence-corrected chi connectivity index (χ3v) is 3.06. The van der Waals surface area contributed by atoms with Crippen LogP contribution in [0.1, 0.15) is 20.8 Å². The molecule has 0 spiro atoms. The minimum absolute atomic E-state index is 0.229. The summed E-state index contributed by atoms with van der Waals surface area (Å²) < 4.78 is 161. The van der Waals surface area contributed by atoms with Crippen molar-refractivity contribution in [3.8, 4) is 0 Å². The van der Waals surface area contributed by atoms with Gasteiger partial charge in [0.15, 0.2) is 11.7 Å². The molecule has 27 heavy (non-hydrogen) atoms. The molecule has 0 aromatic carbocycles. The fraction of sp³-hybridized carbons (Fsp3) is 1.00. The third-order valence-electron chi connectivity index (χ3n) is 3.06. The zero-order chi connectivity index (χ0) is 22.5. The molecule has 0 saturated carbocycles. The number of hydrogen-bond donors (Lipinski definition) is 2. The van der Waals surface area contributed by atoms with Gasteiger partial charge in [-0.1, -0.05) is 0 Å². The van der Waals surface area contributed by atoms with Crippen LogP contribution >= 0.6 is 0 Å². The maximum atomic E-state index is 14.0. The lowest BCUT2D eigenvalue weighted by molar-refractivity contribution is -0.523. The lowest BCUT2D eigenvalue weighted by Crippen LogP contribution is -2.71. The highest BCUT2D eigenvalue weighted by Crippen LogP contribution is 2.52. The van der Waals surface area contributed by atoms with Gasteiger partial charge in [-0.05, 0) is 20.8 Å². The van der Waals surface area contributed by atoms with Gasteiger partial charge in [-0.15, -0.1) is 0 Å². The van der Waals surface area contributed by atoms with Crippen molar-refractivity contribution in [2.24, 2.45) is 0 Å². The van der Waals surface area contributed by atoms with Crippen molar-refractivity contribution < 1.29 is 72.4 Å². The van der Waals surface area contributed by atoms with E-state index in [4.69, 9.17) is 10.2 Å². The van der Waals surface area contributed by atoms with E-state index < -0.39 is 48.0 Å². The standard InChI is InChI=1S/C11H12F12O4/c1-4(6(12,13)14)26-8(16,10(20,21)25)7(15,24)11(22,23)27-5(2,3)9(17,18)19/h4,24-25H,1-3H3. The minimum atomic E-state index is -6.74. The van der Waals surface area contributed by atoms with Gasteiger partial charge in [-0.25, -0.2) is 0 Å². The summed E-state index contributed by atoms with van der Waals surface area (Å²) in [4.78, 5) is 0. The van der Waals surface area contributed by atoms with Crippen LogP contribution in [-0.2, 0) is 9.47 Å². The van der Waals surface area contributed by atoms with E-state index in [0.717, 1.165) is 0 Å². The highest BCUT2D eigenvalue weighted by Gasteiger charge is 2.82. The first kappa shape index (κ1) is 26.0. The third kappa shape index (κ3) is 4.89. The molecule has 0 radical (unpaired) electrons. The molecule has 16 heteroatoms. The zero-order valence-electron chi connectivity index (χ0n) is 13.3. The van der Waals surface area contributed by atoms with Gasteiger partial charge in [0.05, 0.1) is 0 Å². The second-order valence-electron chi connectivity index (χ2n) is 5.69. The summed E-state index contributed by atoms with van der Waals surface area (Å²) in [6, 6.07) is 0. The van der Waals surface area contributed by atoms with Crippen LogP contribution in [0.4, 0.5) is 52.7 Å². The van der Waals surface area contributed by atoms with Crippen molar-refractivity contribution >= 4 is 0 Å². The molecule has 0 bridgehead atoms. The summed E-state index contributed by atoms with van der Waals surface area (Å²) in [6.07, 6.45) is -28.6. The molecule has 0 fully saturated rings. The molecular weight excluding hydrogens is 424 g/mol. The SMILES string of the molecule is CC(OC(F)(C(O)(F)F)C(O)(F)C(F)(F)OC(C)(C)C(F)(F)F)C(F)(F)F. The number of ether oxygens (including phenoxy) is 2. The summed E-state index contributed by atoms with van der Waals surface area (Å²) in [6.45, 7) is -0.769. The van der Waals surface area contributed by atoms with Crippen molar-refractivity contribution in [1.29, 1.82) is 0 Å². The predicted octanol–water partition coefficient (Wildman–Crippen LogP) is 3.81. The average molecular weight is 436 g/mol. The zero-order valence-corrected chi connectivity index (χ0v) is 13.3. The minimum Gasteiger partial charge on any atom is -0.350 e. The molecule has 0 aromatic heterocycles. The molecule has 0 amide bonds. The van der Waals surface area contributed by atoms with Crippen LogP contribution in [0.2, 0.25) is 0 Å². The number of rotatable bonds is 7. The van der Waals surface area contributed by atoms with Crippen molar-refractivity contribution in [2.75, 3.05) is 0 Å². The summed E-state index contributed by atoms with van der Waals surface area (Å²) in [5.41, 5.74) is -4.13. The normalized spacial score (nSPS) is 20.8. The maximum absolute atomic E-state index is 14.0. The van der Waals surface area contributed by atoms with Gasteiger partial charge in [0, 0.05) is 0 Å². The molecule has 0 rings (SSSR count). The first-order valence-electron chi connectivity index (χ1n) is 6.43. The summed E-state index contributed by atoms with van der Waals surface area (Å²) in [5, 5.41) is 17.0. The Morgan fingerprint density at radius 1 is 0.741 bits per heavy atom. The molecular formula is C11H12F12O4. The van der Waals surface area contributed by atoms with Crippen LogP contribution < -0.4 is 0 Å². The van der Waals surface area contributed by atoms with Gasteiger partial charge >= 0.3 is 36.3 Å². The van der Waals surface area contributed by atoms with Crippen molar-refractivity contribution in [1.82, 2.24) is 0 Å². The Kier molecular flexibility index (Phi) is 6.55. The fourth-order valence-electron chi connectivity index (χ4n) is 1.29. The van der Waals surface area contributed by atoms with E-state index >= 15 is 0 Å².